The first-order valence-electron chi connectivity index (χ1n) is 10.3. The Labute approximate surface area is 175 Å². The molecule has 2 atom stereocenters. The van der Waals surface area contributed by atoms with Crippen LogP contribution >= 0.6 is 0 Å². The second kappa shape index (κ2) is 8.81. The standard InChI is InChI=1S/C24H27N3O3/c1-26(22(18-5-3-2-4-6-18)16-27-12-11-20(28)15-27)24(30)14-17-7-9-21-19(13-17)8-10-23(29)25-21/h2-10,13,20,22,28H,11-12,14-16H2,1H3,(H,25,29)/t20?,22-/m1/s1. The van der Waals surface area contributed by atoms with E-state index >= 15 is 0 Å². The molecule has 1 aliphatic rings. The first-order chi connectivity index (χ1) is 14.5. The molecule has 0 bridgehead atoms. The molecule has 0 radical (unpaired) electrons. The number of pyridine rings is 1. The quantitative estimate of drug-likeness (QED) is 0.660. The van der Waals surface area contributed by atoms with Crippen LogP contribution in [0.25, 0.3) is 10.9 Å². The van der Waals surface area contributed by atoms with Gasteiger partial charge in [-0.1, -0.05) is 36.4 Å². The molecule has 1 aromatic heterocycles. The van der Waals surface area contributed by atoms with Gasteiger partial charge in [-0.25, -0.2) is 0 Å². The number of H-pyrrole nitrogens is 1. The molecule has 2 aromatic carbocycles. The largest absolute Gasteiger partial charge is 0.392 e. The van der Waals surface area contributed by atoms with E-state index in [1.165, 1.54) is 6.07 Å². The molecule has 1 aliphatic heterocycles. The molecular weight excluding hydrogens is 378 g/mol. The van der Waals surface area contributed by atoms with Gasteiger partial charge in [0.25, 0.3) is 0 Å². The first kappa shape index (κ1) is 20.3. The molecule has 6 nitrogen and oxygen atoms in total. The predicted octanol–water partition coefficient (Wildman–Crippen LogP) is 2.34. The Morgan fingerprint density at radius 3 is 2.73 bits per heavy atom. The van der Waals surface area contributed by atoms with E-state index in [1.54, 1.807) is 6.07 Å². The Balaban J connectivity index is 1.53. The van der Waals surface area contributed by atoms with Crippen molar-refractivity contribution in [2.75, 3.05) is 26.7 Å². The van der Waals surface area contributed by atoms with Gasteiger partial charge in [-0.3, -0.25) is 14.5 Å². The normalized spacial score (nSPS) is 17.9. The number of β-amino-alcohol motifs (C(OH)–C–C–N with tert-alkyl or cyclic N) is 1. The van der Waals surface area contributed by atoms with Crippen molar-refractivity contribution in [3.8, 4) is 0 Å². The molecule has 0 spiro atoms. The van der Waals surface area contributed by atoms with E-state index in [1.807, 2.05) is 60.5 Å². The third kappa shape index (κ3) is 4.61. The number of carbonyl (C=O) groups is 1. The van der Waals surface area contributed by atoms with Gasteiger partial charge >= 0.3 is 0 Å². The third-order valence-corrected chi connectivity index (χ3v) is 5.87. The summed E-state index contributed by atoms with van der Waals surface area (Å²) in [6.07, 6.45) is 0.780. The molecule has 0 aliphatic carbocycles. The molecule has 0 saturated carbocycles. The summed E-state index contributed by atoms with van der Waals surface area (Å²) in [5, 5.41) is 10.8. The van der Waals surface area contributed by atoms with E-state index in [0.29, 0.717) is 13.1 Å². The van der Waals surface area contributed by atoms with Crippen molar-refractivity contribution in [3.05, 3.63) is 82.1 Å². The van der Waals surface area contributed by atoms with Gasteiger partial charge in [0.05, 0.1) is 18.6 Å². The molecule has 156 valence electrons. The highest BCUT2D eigenvalue weighted by Gasteiger charge is 2.28. The van der Waals surface area contributed by atoms with E-state index in [2.05, 4.69) is 9.88 Å². The van der Waals surface area contributed by atoms with E-state index in [9.17, 15) is 14.7 Å². The number of aromatic nitrogens is 1. The monoisotopic (exact) mass is 405 g/mol. The van der Waals surface area contributed by atoms with Crippen LogP contribution in [0, 0.1) is 0 Å². The first-order valence-corrected chi connectivity index (χ1v) is 10.3. The predicted molar refractivity (Wildman–Crippen MR) is 117 cm³/mol. The smallest absolute Gasteiger partial charge is 0.248 e. The molecule has 1 saturated heterocycles. The Morgan fingerprint density at radius 1 is 1.20 bits per heavy atom. The van der Waals surface area contributed by atoms with Crippen LogP contribution in [0.3, 0.4) is 0 Å². The minimum absolute atomic E-state index is 0.0346. The van der Waals surface area contributed by atoms with E-state index in [0.717, 1.165) is 35.0 Å². The van der Waals surface area contributed by atoms with Gasteiger partial charge in [-0.05, 0) is 41.1 Å². The van der Waals surface area contributed by atoms with Gasteiger partial charge in [0.15, 0.2) is 0 Å². The maximum Gasteiger partial charge on any atom is 0.248 e. The maximum absolute atomic E-state index is 13.2. The lowest BCUT2D eigenvalue weighted by Gasteiger charge is -2.32. The average molecular weight is 405 g/mol. The molecule has 30 heavy (non-hydrogen) atoms. The number of aromatic amines is 1. The number of likely N-dealkylation sites (N-methyl/N-ethyl adjacent to an activating group) is 1. The number of carbonyl (C=O) groups excluding carboxylic acids is 1. The minimum atomic E-state index is -0.286. The molecule has 4 rings (SSSR count). The zero-order valence-corrected chi connectivity index (χ0v) is 17.1. The van der Waals surface area contributed by atoms with Crippen molar-refractivity contribution in [1.82, 2.24) is 14.8 Å². The van der Waals surface area contributed by atoms with Gasteiger partial charge in [0.2, 0.25) is 11.5 Å². The highest BCUT2D eigenvalue weighted by atomic mass is 16.3. The number of rotatable bonds is 6. The van der Waals surface area contributed by atoms with Gasteiger partial charge in [-0.15, -0.1) is 0 Å². The van der Waals surface area contributed by atoms with Gasteiger partial charge in [-0.2, -0.15) is 0 Å². The van der Waals surface area contributed by atoms with Gasteiger partial charge < -0.3 is 15.0 Å². The van der Waals surface area contributed by atoms with Crippen LogP contribution in [-0.4, -0.2) is 58.6 Å². The van der Waals surface area contributed by atoms with E-state index < -0.39 is 0 Å². The molecule has 1 fully saturated rings. The molecule has 1 unspecified atom stereocenters. The number of benzene rings is 2. The van der Waals surface area contributed by atoms with Crippen molar-refractivity contribution in [2.24, 2.45) is 0 Å². The van der Waals surface area contributed by atoms with E-state index in [4.69, 9.17) is 0 Å². The van der Waals surface area contributed by atoms with Crippen LogP contribution in [0.5, 0.6) is 0 Å². The van der Waals surface area contributed by atoms with Crippen molar-refractivity contribution in [3.63, 3.8) is 0 Å². The summed E-state index contributed by atoms with van der Waals surface area (Å²) in [5.41, 5.74) is 2.63. The zero-order valence-electron chi connectivity index (χ0n) is 17.1. The highest BCUT2D eigenvalue weighted by Crippen LogP contribution is 2.24. The number of aliphatic hydroxyl groups excluding tert-OH is 1. The van der Waals surface area contributed by atoms with Crippen LogP contribution in [-0.2, 0) is 11.2 Å². The number of hydrogen-bond donors (Lipinski definition) is 2. The Morgan fingerprint density at radius 2 is 2.00 bits per heavy atom. The second-order valence-corrected chi connectivity index (χ2v) is 8.05. The van der Waals surface area contributed by atoms with Crippen molar-refractivity contribution < 1.29 is 9.90 Å². The lowest BCUT2D eigenvalue weighted by molar-refractivity contribution is -0.131. The molecular formula is C24H27N3O3. The van der Waals surface area contributed by atoms with Gasteiger partial charge in [0.1, 0.15) is 0 Å². The minimum Gasteiger partial charge on any atom is -0.392 e. The highest BCUT2D eigenvalue weighted by molar-refractivity contribution is 5.83. The van der Waals surface area contributed by atoms with Crippen LogP contribution in [0.4, 0.5) is 0 Å². The molecule has 2 heterocycles. The summed E-state index contributed by atoms with van der Waals surface area (Å²) in [5.74, 6) is 0.0346. The van der Waals surface area contributed by atoms with Gasteiger partial charge in [0, 0.05) is 38.3 Å². The number of nitrogens with one attached hydrogen (secondary N) is 1. The summed E-state index contributed by atoms with van der Waals surface area (Å²) < 4.78 is 0. The Kier molecular flexibility index (Phi) is 5.97. The van der Waals surface area contributed by atoms with Crippen LogP contribution in [0.1, 0.15) is 23.6 Å². The van der Waals surface area contributed by atoms with Crippen LogP contribution < -0.4 is 5.56 Å². The summed E-state index contributed by atoms with van der Waals surface area (Å²) in [4.78, 5) is 31.5. The number of likely N-dealkylation sites (tertiary alicyclic amines) is 1. The van der Waals surface area contributed by atoms with Crippen molar-refractivity contribution in [1.29, 1.82) is 0 Å². The average Bonchev–Trinajstić information content (AvgIpc) is 3.17. The fraction of sp³-hybridized carbons (Fsp3) is 0.333. The Bertz CT molecular complexity index is 1080. The lowest BCUT2D eigenvalue weighted by atomic mass is 10.0. The van der Waals surface area contributed by atoms with E-state index in [-0.39, 0.29) is 30.0 Å². The number of hydrogen-bond acceptors (Lipinski definition) is 4. The number of fused-ring (bicyclic) bond motifs is 1. The molecule has 1 amide bonds. The fourth-order valence-corrected chi connectivity index (χ4v) is 4.14. The second-order valence-electron chi connectivity index (χ2n) is 8.05. The van der Waals surface area contributed by atoms with Crippen LogP contribution in [0.15, 0.2) is 65.5 Å². The summed E-state index contributed by atoms with van der Waals surface area (Å²) in [6, 6.07) is 18.9. The number of aliphatic hydroxyl groups is 1. The fourth-order valence-electron chi connectivity index (χ4n) is 4.14. The summed E-state index contributed by atoms with van der Waals surface area (Å²) in [7, 11) is 1.85. The zero-order chi connectivity index (χ0) is 21.1. The Hall–Kier alpha value is -2.96. The molecule has 6 heteroatoms. The van der Waals surface area contributed by atoms with Crippen LogP contribution in [0.2, 0.25) is 0 Å². The third-order valence-electron chi connectivity index (χ3n) is 5.87. The van der Waals surface area contributed by atoms with Crippen molar-refractivity contribution in [2.45, 2.75) is 25.0 Å². The lowest BCUT2D eigenvalue weighted by Crippen LogP contribution is -2.39. The topological polar surface area (TPSA) is 76.6 Å². The molecule has 2 N–H and O–H groups in total. The summed E-state index contributed by atoms with van der Waals surface area (Å²) >= 11 is 0. The van der Waals surface area contributed by atoms with Crippen molar-refractivity contribution >= 4 is 16.8 Å². The molecule has 3 aromatic rings. The summed E-state index contributed by atoms with van der Waals surface area (Å²) in [6.45, 7) is 2.19. The maximum atomic E-state index is 13.2. The SMILES string of the molecule is CN(C(=O)Cc1ccc2[nH]c(=O)ccc2c1)[C@H](CN1CCC(O)C1)c1ccccc1. The number of amides is 1. The number of nitrogens with zero attached hydrogens (tertiary/aromatic N) is 2.